The van der Waals surface area contributed by atoms with Crippen molar-refractivity contribution < 1.29 is 17.6 Å². The molecule has 1 unspecified atom stereocenters. The van der Waals surface area contributed by atoms with Gasteiger partial charge in [0.1, 0.15) is 11.4 Å². The van der Waals surface area contributed by atoms with E-state index in [-0.39, 0.29) is 9.37 Å². The molecule has 0 heterocycles. The Labute approximate surface area is 141 Å². The predicted octanol–water partition coefficient (Wildman–Crippen LogP) is 2.27. The molecule has 0 aliphatic carbocycles. The van der Waals surface area contributed by atoms with E-state index < -0.39 is 27.3 Å². The van der Waals surface area contributed by atoms with Crippen molar-refractivity contribution in [1.29, 1.82) is 0 Å². The van der Waals surface area contributed by atoms with Crippen molar-refractivity contribution >= 4 is 31.9 Å². The zero-order chi connectivity index (χ0) is 17.3. The third-order valence-electron chi connectivity index (χ3n) is 3.37. The second kappa shape index (κ2) is 6.38. The first-order chi connectivity index (χ1) is 10.7. The molecule has 0 aliphatic heterocycles. The number of halogens is 2. The summed E-state index contributed by atoms with van der Waals surface area (Å²) >= 11 is 3.01. The van der Waals surface area contributed by atoms with E-state index in [1.165, 1.54) is 6.92 Å². The molecule has 8 heteroatoms. The average Bonchev–Trinajstić information content (AvgIpc) is 2.47. The van der Waals surface area contributed by atoms with Crippen LogP contribution in [0.1, 0.15) is 12.5 Å². The fourth-order valence-corrected chi connectivity index (χ4v) is 4.46. The molecule has 0 aromatic heterocycles. The third kappa shape index (κ3) is 3.60. The van der Waals surface area contributed by atoms with Crippen LogP contribution in [0, 0.1) is 5.82 Å². The summed E-state index contributed by atoms with van der Waals surface area (Å²) < 4.78 is 40.7. The van der Waals surface area contributed by atoms with Gasteiger partial charge >= 0.3 is 0 Å². The Morgan fingerprint density at radius 3 is 2.35 bits per heavy atom. The minimum Gasteiger partial charge on any atom is -0.368 e. The molecule has 2 rings (SSSR count). The van der Waals surface area contributed by atoms with Crippen LogP contribution in [0.25, 0.3) is 0 Å². The molecule has 2 aromatic carbocycles. The molecule has 0 radical (unpaired) electrons. The van der Waals surface area contributed by atoms with E-state index in [1.54, 1.807) is 30.3 Å². The average molecular weight is 401 g/mol. The highest BCUT2D eigenvalue weighted by Crippen LogP contribution is 2.27. The van der Waals surface area contributed by atoms with E-state index in [2.05, 4.69) is 20.7 Å². The summed E-state index contributed by atoms with van der Waals surface area (Å²) in [6.45, 7) is 1.37. The summed E-state index contributed by atoms with van der Waals surface area (Å²) in [6.07, 6.45) is 0. The molecule has 0 spiro atoms. The maximum Gasteiger partial charge on any atom is 0.243 e. The highest BCUT2D eigenvalue weighted by molar-refractivity contribution is 9.10. The molecule has 0 bridgehead atoms. The summed E-state index contributed by atoms with van der Waals surface area (Å²) in [5.74, 6) is -1.44. The lowest BCUT2D eigenvalue weighted by atomic mass is 9.93. The lowest BCUT2D eigenvalue weighted by Crippen LogP contribution is -2.52. The summed E-state index contributed by atoms with van der Waals surface area (Å²) in [5.41, 5.74) is 4.17. The van der Waals surface area contributed by atoms with Crippen LogP contribution in [0.2, 0.25) is 0 Å². The Bertz CT molecular complexity index is 843. The van der Waals surface area contributed by atoms with Gasteiger partial charge in [0.25, 0.3) is 0 Å². The van der Waals surface area contributed by atoms with Gasteiger partial charge in [0, 0.05) is 4.47 Å². The van der Waals surface area contributed by atoms with Crippen molar-refractivity contribution in [1.82, 2.24) is 4.72 Å². The highest BCUT2D eigenvalue weighted by atomic mass is 79.9. The SMILES string of the molecule is CC(NS(=O)(=O)c1ccc(F)cc1Br)(C(N)=O)c1ccccc1. The van der Waals surface area contributed by atoms with E-state index >= 15 is 0 Å². The van der Waals surface area contributed by atoms with Crippen molar-refractivity contribution in [2.45, 2.75) is 17.4 Å². The standard InChI is InChI=1S/C15H14BrFN2O3S/c1-15(14(18)20,10-5-3-2-4-6-10)19-23(21,22)13-8-7-11(17)9-12(13)16/h2-9,19H,1H3,(H2,18,20). The Balaban J connectivity index is 2.50. The second-order valence-corrected chi connectivity index (χ2v) is 7.54. The van der Waals surface area contributed by atoms with E-state index in [1.807, 2.05) is 0 Å². The number of nitrogens with one attached hydrogen (secondary N) is 1. The summed E-state index contributed by atoms with van der Waals surface area (Å²) in [5, 5.41) is 0. The van der Waals surface area contributed by atoms with Crippen LogP contribution < -0.4 is 10.5 Å². The number of benzene rings is 2. The summed E-state index contributed by atoms with van der Waals surface area (Å²) in [7, 11) is -4.12. The first-order valence-electron chi connectivity index (χ1n) is 6.51. The Kier molecular flexibility index (Phi) is 4.88. The van der Waals surface area contributed by atoms with Gasteiger partial charge in [-0.2, -0.15) is 4.72 Å². The van der Waals surface area contributed by atoms with Gasteiger partial charge in [0.05, 0.1) is 4.90 Å². The van der Waals surface area contributed by atoms with Crippen LogP contribution in [0.4, 0.5) is 4.39 Å². The van der Waals surface area contributed by atoms with Crippen LogP contribution >= 0.6 is 15.9 Å². The first kappa shape index (κ1) is 17.6. The molecule has 0 aliphatic rings. The van der Waals surface area contributed by atoms with E-state index in [4.69, 9.17) is 5.73 Å². The molecule has 122 valence electrons. The monoisotopic (exact) mass is 400 g/mol. The molecule has 3 N–H and O–H groups in total. The summed E-state index contributed by atoms with van der Waals surface area (Å²) in [4.78, 5) is 11.7. The topological polar surface area (TPSA) is 89.3 Å². The number of primary amides is 1. The zero-order valence-corrected chi connectivity index (χ0v) is 14.5. The lowest BCUT2D eigenvalue weighted by molar-refractivity contribution is -0.123. The number of rotatable bonds is 5. The number of carbonyl (C=O) groups excluding carboxylic acids is 1. The fourth-order valence-electron chi connectivity index (χ4n) is 2.04. The summed E-state index contributed by atoms with van der Waals surface area (Å²) in [6, 6.07) is 11.4. The number of hydrogen-bond acceptors (Lipinski definition) is 3. The minimum absolute atomic E-state index is 0.0462. The maximum atomic E-state index is 13.1. The molecule has 1 atom stereocenters. The predicted molar refractivity (Wildman–Crippen MR) is 87.4 cm³/mol. The van der Waals surface area contributed by atoms with Gasteiger partial charge in [-0.25, -0.2) is 12.8 Å². The third-order valence-corrected chi connectivity index (χ3v) is 5.90. The Morgan fingerprint density at radius 2 is 1.83 bits per heavy atom. The molecule has 23 heavy (non-hydrogen) atoms. The molecule has 0 fully saturated rings. The molecule has 0 saturated carbocycles. The molecular formula is C15H14BrFN2O3S. The van der Waals surface area contributed by atoms with Crippen LogP contribution in [0.15, 0.2) is 57.9 Å². The van der Waals surface area contributed by atoms with Gasteiger partial charge in [-0.3, -0.25) is 4.79 Å². The van der Waals surface area contributed by atoms with Crippen molar-refractivity contribution in [3.05, 3.63) is 64.4 Å². The molecule has 1 amide bonds. The number of carbonyl (C=O) groups is 1. The second-order valence-electron chi connectivity index (χ2n) is 5.04. The van der Waals surface area contributed by atoms with E-state index in [0.717, 1.165) is 18.2 Å². The lowest BCUT2D eigenvalue weighted by Gasteiger charge is -2.27. The van der Waals surface area contributed by atoms with Crippen molar-refractivity contribution in [2.24, 2.45) is 5.73 Å². The quantitative estimate of drug-likeness (QED) is 0.806. The van der Waals surface area contributed by atoms with E-state index in [0.29, 0.717) is 5.56 Å². The largest absolute Gasteiger partial charge is 0.368 e. The highest BCUT2D eigenvalue weighted by Gasteiger charge is 2.38. The van der Waals surface area contributed by atoms with Crippen molar-refractivity contribution in [3.63, 3.8) is 0 Å². The normalized spacial score (nSPS) is 14.2. The number of sulfonamides is 1. The molecule has 0 saturated heterocycles. The van der Waals surface area contributed by atoms with E-state index in [9.17, 15) is 17.6 Å². The van der Waals surface area contributed by atoms with Crippen LogP contribution in [-0.2, 0) is 20.4 Å². The van der Waals surface area contributed by atoms with Gasteiger partial charge in [-0.05, 0) is 46.6 Å². The van der Waals surface area contributed by atoms with Gasteiger partial charge in [0.15, 0.2) is 0 Å². The van der Waals surface area contributed by atoms with Crippen LogP contribution in [0.3, 0.4) is 0 Å². The molecule has 5 nitrogen and oxygen atoms in total. The number of nitrogens with two attached hydrogens (primary N) is 1. The smallest absolute Gasteiger partial charge is 0.243 e. The van der Waals surface area contributed by atoms with Crippen molar-refractivity contribution in [3.8, 4) is 0 Å². The molecule has 2 aromatic rings. The van der Waals surface area contributed by atoms with Gasteiger partial charge in [-0.1, -0.05) is 30.3 Å². The number of amides is 1. The van der Waals surface area contributed by atoms with Gasteiger partial charge in [-0.15, -0.1) is 0 Å². The van der Waals surface area contributed by atoms with Gasteiger partial charge < -0.3 is 5.73 Å². The first-order valence-corrected chi connectivity index (χ1v) is 8.79. The number of hydrogen-bond donors (Lipinski definition) is 2. The van der Waals surface area contributed by atoms with Crippen LogP contribution in [0.5, 0.6) is 0 Å². The maximum absolute atomic E-state index is 13.1. The Hall–Kier alpha value is -1.77. The van der Waals surface area contributed by atoms with Gasteiger partial charge in [0.2, 0.25) is 15.9 Å². The fraction of sp³-hybridized carbons (Fsp3) is 0.133. The Morgan fingerprint density at radius 1 is 1.22 bits per heavy atom. The zero-order valence-electron chi connectivity index (χ0n) is 12.1. The molecular weight excluding hydrogens is 387 g/mol. The van der Waals surface area contributed by atoms with Crippen molar-refractivity contribution in [2.75, 3.05) is 0 Å². The minimum atomic E-state index is -4.12. The van der Waals surface area contributed by atoms with Crippen LogP contribution in [-0.4, -0.2) is 14.3 Å².